The molecule has 140 valence electrons. The van der Waals surface area contributed by atoms with Crippen molar-refractivity contribution in [2.24, 2.45) is 5.92 Å². The van der Waals surface area contributed by atoms with Gasteiger partial charge in [-0.25, -0.2) is 13.2 Å². The Hall–Kier alpha value is -1.81. The molecule has 3 rings (SSSR count). The minimum atomic E-state index is -2.83. The van der Waals surface area contributed by atoms with E-state index in [1.165, 1.54) is 12.5 Å². The number of alkyl halides is 2. The Bertz CT molecular complexity index is 732. The third-order valence-corrected chi connectivity index (χ3v) is 5.53. The third kappa shape index (κ3) is 3.96. The van der Waals surface area contributed by atoms with Crippen molar-refractivity contribution in [1.82, 2.24) is 0 Å². The fourth-order valence-corrected chi connectivity index (χ4v) is 4.00. The Kier molecular flexibility index (Phi) is 6.02. The SMILES string of the molecule is COCC1CCC(c2ccc(-c3ccc(C)c(F)c3C(F)F)cc2)CC1. The van der Waals surface area contributed by atoms with Crippen LogP contribution < -0.4 is 0 Å². The number of ether oxygens (including phenoxy) is 1. The maximum absolute atomic E-state index is 14.2. The second-order valence-electron chi connectivity index (χ2n) is 7.25. The van der Waals surface area contributed by atoms with Gasteiger partial charge in [0.15, 0.2) is 0 Å². The summed E-state index contributed by atoms with van der Waals surface area (Å²) in [6.07, 6.45) is 1.71. The molecular weight excluding hydrogens is 337 g/mol. The first-order valence-electron chi connectivity index (χ1n) is 9.17. The molecule has 1 nitrogen and oxygen atoms in total. The van der Waals surface area contributed by atoms with Gasteiger partial charge < -0.3 is 4.74 Å². The van der Waals surface area contributed by atoms with Crippen molar-refractivity contribution in [2.75, 3.05) is 13.7 Å². The Morgan fingerprint density at radius 3 is 2.23 bits per heavy atom. The number of halogens is 3. The molecule has 4 heteroatoms. The van der Waals surface area contributed by atoms with Gasteiger partial charge in [-0.2, -0.15) is 0 Å². The predicted molar refractivity (Wildman–Crippen MR) is 98.1 cm³/mol. The lowest BCUT2D eigenvalue weighted by molar-refractivity contribution is 0.127. The molecule has 1 aliphatic rings. The minimum absolute atomic E-state index is 0.244. The highest BCUT2D eigenvalue weighted by Crippen LogP contribution is 2.38. The lowest BCUT2D eigenvalue weighted by atomic mass is 9.79. The lowest BCUT2D eigenvalue weighted by Gasteiger charge is -2.28. The molecule has 1 fully saturated rings. The van der Waals surface area contributed by atoms with Crippen LogP contribution in [0.3, 0.4) is 0 Å². The molecule has 0 atom stereocenters. The van der Waals surface area contributed by atoms with Gasteiger partial charge in [0.2, 0.25) is 0 Å². The Balaban J connectivity index is 1.80. The van der Waals surface area contributed by atoms with Crippen molar-refractivity contribution in [3.63, 3.8) is 0 Å². The molecule has 0 radical (unpaired) electrons. The van der Waals surface area contributed by atoms with Crippen LogP contribution >= 0.6 is 0 Å². The van der Waals surface area contributed by atoms with Crippen LogP contribution in [0.5, 0.6) is 0 Å². The van der Waals surface area contributed by atoms with Gasteiger partial charge in [0.25, 0.3) is 6.43 Å². The normalized spacial score (nSPS) is 20.5. The van der Waals surface area contributed by atoms with Crippen LogP contribution in [0.1, 0.15) is 54.7 Å². The maximum Gasteiger partial charge on any atom is 0.267 e. The first-order valence-corrected chi connectivity index (χ1v) is 9.17. The first-order chi connectivity index (χ1) is 12.5. The van der Waals surface area contributed by atoms with E-state index in [1.54, 1.807) is 19.2 Å². The van der Waals surface area contributed by atoms with Crippen LogP contribution in [-0.2, 0) is 4.74 Å². The fourth-order valence-electron chi connectivity index (χ4n) is 4.00. The van der Waals surface area contributed by atoms with E-state index < -0.39 is 17.8 Å². The van der Waals surface area contributed by atoms with Gasteiger partial charge in [0, 0.05) is 13.7 Å². The van der Waals surface area contributed by atoms with Crippen LogP contribution in [0.2, 0.25) is 0 Å². The third-order valence-electron chi connectivity index (χ3n) is 5.53. The Morgan fingerprint density at radius 2 is 1.65 bits per heavy atom. The van der Waals surface area contributed by atoms with Crippen LogP contribution in [0.4, 0.5) is 13.2 Å². The number of benzene rings is 2. The van der Waals surface area contributed by atoms with E-state index in [0.717, 1.165) is 32.3 Å². The summed E-state index contributed by atoms with van der Waals surface area (Å²) in [5.41, 5.74) is 1.89. The summed E-state index contributed by atoms with van der Waals surface area (Å²) in [7, 11) is 1.74. The largest absolute Gasteiger partial charge is 0.384 e. The molecule has 1 aliphatic carbocycles. The van der Waals surface area contributed by atoms with Gasteiger partial charge in [0.05, 0.1) is 5.56 Å². The molecule has 0 N–H and O–H groups in total. The number of aryl methyl sites for hydroxylation is 1. The second kappa shape index (κ2) is 8.26. The average molecular weight is 362 g/mol. The van der Waals surface area contributed by atoms with Gasteiger partial charge in [-0.05, 0) is 66.7 Å². The van der Waals surface area contributed by atoms with Gasteiger partial charge in [-0.3, -0.25) is 0 Å². The quantitative estimate of drug-likeness (QED) is 0.578. The monoisotopic (exact) mass is 362 g/mol. The lowest BCUT2D eigenvalue weighted by Crippen LogP contribution is -2.17. The highest BCUT2D eigenvalue weighted by Gasteiger charge is 2.23. The van der Waals surface area contributed by atoms with E-state index in [9.17, 15) is 13.2 Å². The zero-order valence-corrected chi connectivity index (χ0v) is 15.3. The van der Waals surface area contributed by atoms with Gasteiger partial charge >= 0.3 is 0 Å². The fraction of sp³-hybridized carbons (Fsp3) is 0.455. The van der Waals surface area contributed by atoms with E-state index in [4.69, 9.17) is 4.74 Å². The van der Waals surface area contributed by atoms with Crippen LogP contribution in [0, 0.1) is 18.7 Å². The topological polar surface area (TPSA) is 9.23 Å². The number of hydrogen-bond donors (Lipinski definition) is 0. The van der Waals surface area contributed by atoms with Crippen molar-refractivity contribution < 1.29 is 17.9 Å². The summed E-state index contributed by atoms with van der Waals surface area (Å²) in [4.78, 5) is 0. The molecular formula is C22H25F3O. The number of rotatable bonds is 5. The molecule has 0 aromatic heterocycles. The van der Waals surface area contributed by atoms with Crippen molar-refractivity contribution >= 4 is 0 Å². The van der Waals surface area contributed by atoms with E-state index >= 15 is 0 Å². The summed E-state index contributed by atoms with van der Waals surface area (Å²) in [6.45, 7) is 2.33. The maximum atomic E-state index is 14.2. The van der Waals surface area contributed by atoms with Crippen LogP contribution in [-0.4, -0.2) is 13.7 Å². The number of methoxy groups -OCH3 is 1. The van der Waals surface area contributed by atoms with Gasteiger partial charge in [-0.15, -0.1) is 0 Å². The van der Waals surface area contributed by atoms with Gasteiger partial charge in [-0.1, -0.05) is 36.4 Å². The molecule has 1 saturated carbocycles. The molecule has 0 heterocycles. The van der Waals surface area contributed by atoms with Crippen molar-refractivity contribution in [3.05, 3.63) is 58.9 Å². The summed E-state index contributed by atoms with van der Waals surface area (Å²) >= 11 is 0. The summed E-state index contributed by atoms with van der Waals surface area (Å²) in [5.74, 6) is 0.333. The minimum Gasteiger partial charge on any atom is -0.384 e. The Labute approximate surface area is 153 Å². The van der Waals surface area contributed by atoms with Crippen molar-refractivity contribution in [1.29, 1.82) is 0 Å². The molecule has 2 aromatic rings. The molecule has 0 bridgehead atoms. The zero-order valence-electron chi connectivity index (χ0n) is 15.3. The molecule has 0 unspecified atom stereocenters. The zero-order chi connectivity index (χ0) is 18.7. The molecule has 0 aliphatic heterocycles. The van der Waals surface area contributed by atoms with E-state index in [1.807, 2.05) is 24.3 Å². The summed E-state index contributed by atoms with van der Waals surface area (Å²) in [6, 6.07) is 10.8. The average Bonchev–Trinajstić information content (AvgIpc) is 2.64. The Morgan fingerprint density at radius 1 is 1.00 bits per heavy atom. The van der Waals surface area contributed by atoms with Gasteiger partial charge in [0.1, 0.15) is 5.82 Å². The van der Waals surface area contributed by atoms with E-state index in [-0.39, 0.29) is 11.1 Å². The van der Waals surface area contributed by atoms with Crippen LogP contribution in [0.15, 0.2) is 36.4 Å². The highest BCUT2D eigenvalue weighted by molar-refractivity contribution is 5.69. The van der Waals surface area contributed by atoms with E-state index in [0.29, 0.717) is 17.4 Å². The molecule has 26 heavy (non-hydrogen) atoms. The van der Waals surface area contributed by atoms with E-state index in [2.05, 4.69) is 0 Å². The number of hydrogen-bond acceptors (Lipinski definition) is 1. The highest BCUT2D eigenvalue weighted by atomic mass is 19.3. The molecule has 0 spiro atoms. The molecule has 2 aromatic carbocycles. The first kappa shape index (κ1) is 19.0. The van der Waals surface area contributed by atoms with Crippen molar-refractivity contribution in [2.45, 2.75) is 45.0 Å². The standard InChI is InChI=1S/C22H25F3O/c1-14-3-12-19(20(21(14)23)22(24)25)18-10-8-17(9-11-18)16-6-4-15(5-7-16)13-26-2/h3,8-12,15-16,22H,4-7,13H2,1-2H3. The predicted octanol–water partition coefficient (Wildman–Crippen LogP) is 6.66. The molecule has 0 saturated heterocycles. The van der Waals surface area contributed by atoms with Crippen molar-refractivity contribution in [3.8, 4) is 11.1 Å². The summed E-state index contributed by atoms with van der Waals surface area (Å²) in [5, 5.41) is 0. The van der Waals surface area contributed by atoms with Crippen LogP contribution in [0.25, 0.3) is 11.1 Å². The second-order valence-corrected chi connectivity index (χ2v) is 7.25. The smallest absolute Gasteiger partial charge is 0.267 e. The molecule has 0 amide bonds. The summed E-state index contributed by atoms with van der Waals surface area (Å²) < 4.78 is 46.2.